The maximum absolute atomic E-state index is 12.8. The van der Waals surface area contributed by atoms with E-state index in [-0.39, 0.29) is 18.3 Å². The van der Waals surface area contributed by atoms with Crippen molar-refractivity contribution in [2.75, 3.05) is 13.7 Å². The summed E-state index contributed by atoms with van der Waals surface area (Å²) in [4.78, 5) is 25.1. The Morgan fingerprint density at radius 3 is 2.52 bits per heavy atom. The topological polar surface area (TPSA) is 52.6 Å². The number of ether oxygens (including phenoxy) is 2. The Kier molecular flexibility index (Phi) is 4.15. The summed E-state index contributed by atoms with van der Waals surface area (Å²) < 4.78 is 10.4. The van der Waals surface area contributed by atoms with Gasteiger partial charge in [0, 0.05) is 11.5 Å². The second-order valence-corrected chi connectivity index (χ2v) is 5.44. The Hall–Kier alpha value is -2.62. The average Bonchev–Trinajstić information content (AvgIpc) is 2.88. The van der Waals surface area contributed by atoms with Crippen molar-refractivity contribution in [3.8, 4) is 5.75 Å². The van der Waals surface area contributed by atoms with Crippen LogP contribution in [0.1, 0.15) is 34.3 Å². The molecule has 0 amide bonds. The number of ketones is 1. The maximum Gasteiger partial charge on any atom is 0.317 e. The van der Waals surface area contributed by atoms with Gasteiger partial charge in [-0.2, -0.15) is 0 Å². The van der Waals surface area contributed by atoms with Gasteiger partial charge in [0.2, 0.25) is 0 Å². The molecular weight excluding hydrogens is 292 g/mol. The molecule has 1 aliphatic rings. The summed E-state index contributed by atoms with van der Waals surface area (Å²) in [5.41, 5.74) is 2.31. The van der Waals surface area contributed by atoms with Gasteiger partial charge in [-0.15, -0.1) is 0 Å². The Morgan fingerprint density at radius 2 is 1.87 bits per heavy atom. The van der Waals surface area contributed by atoms with Gasteiger partial charge in [-0.1, -0.05) is 30.3 Å². The van der Waals surface area contributed by atoms with Crippen molar-refractivity contribution in [1.29, 1.82) is 0 Å². The summed E-state index contributed by atoms with van der Waals surface area (Å²) in [6, 6.07) is 14.9. The molecule has 1 aliphatic carbocycles. The summed E-state index contributed by atoms with van der Waals surface area (Å²) in [6.07, 6.45) is 0. The van der Waals surface area contributed by atoms with Crippen LogP contribution in [0.4, 0.5) is 0 Å². The highest BCUT2D eigenvalue weighted by molar-refractivity contribution is 6.13. The highest BCUT2D eigenvalue weighted by atomic mass is 16.5. The van der Waals surface area contributed by atoms with Crippen molar-refractivity contribution in [2.24, 2.45) is 5.92 Å². The van der Waals surface area contributed by atoms with E-state index in [4.69, 9.17) is 9.47 Å². The normalized spacial score (nSPS) is 19.3. The molecular formula is C19H18O4. The SMILES string of the molecule is CCOC(=O)[C@@H]1C(=O)c2ccc(OC)cc2[C@H]1c1ccccc1. The molecule has 0 heterocycles. The highest BCUT2D eigenvalue weighted by Crippen LogP contribution is 2.44. The van der Waals surface area contributed by atoms with E-state index < -0.39 is 11.9 Å². The molecule has 118 valence electrons. The lowest BCUT2D eigenvalue weighted by molar-refractivity contribution is -0.146. The summed E-state index contributed by atoms with van der Waals surface area (Å²) in [5.74, 6) is -1.16. The molecule has 0 saturated carbocycles. The minimum atomic E-state index is -0.834. The lowest BCUT2D eigenvalue weighted by atomic mass is 9.85. The third kappa shape index (κ3) is 2.61. The summed E-state index contributed by atoms with van der Waals surface area (Å²) in [6.45, 7) is 1.99. The van der Waals surface area contributed by atoms with Gasteiger partial charge in [0.05, 0.1) is 13.7 Å². The van der Waals surface area contributed by atoms with Crippen molar-refractivity contribution < 1.29 is 19.1 Å². The first kappa shape index (κ1) is 15.3. The van der Waals surface area contributed by atoms with Crippen LogP contribution in [-0.2, 0) is 9.53 Å². The van der Waals surface area contributed by atoms with E-state index in [0.717, 1.165) is 11.1 Å². The summed E-state index contributed by atoms with van der Waals surface area (Å²) in [5, 5.41) is 0. The zero-order valence-corrected chi connectivity index (χ0v) is 13.1. The first-order valence-corrected chi connectivity index (χ1v) is 7.61. The molecule has 2 aromatic carbocycles. The number of carbonyl (C=O) groups excluding carboxylic acids is 2. The lowest BCUT2D eigenvalue weighted by Crippen LogP contribution is -2.26. The first-order valence-electron chi connectivity index (χ1n) is 7.61. The molecule has 4 nitrogen and oxygen atoms in total. The van der Waals surface area contributed by atoms with Crippen molar-refractivity contribution >= 4 is 11.8 Å². The van der Waals surface area contributed by atoms with E-state index in [2.05, 4.69) is 0 Å². The fourth-order valence-electron chi connectivity index (χ4n) is 3.16. The number of methoxy groups -OCH3 is 1. The molecule has 2 atom stereocenters. The van der Waals surface area contributed by atoms with Crippen LogP contribution in [0.3, 0.4) is 0 Å². The number of fused-ring (bicyclic) bond motifs is 1. The van der Waals surface area contributed by atoms with E-state index in [1.165, 1.54) is 0 Å². The molecule has 0 bridgehead atoms. The van der Waals surface area contributed by atoms with E-state index in [1.807, 2.05) is 36.4 Å². The summed E-state index contributed by atoms with van der Waals surface area (Å²) in [7, 11) is 1.58. The van der Waals surface area contributed by atoms with Crippen molar-refractivity contribution in [3.05, 3.63) is 65.2 Å². The molecule has 0 fully saturated rings. The van der Waals surface area contributed by atoms with Gasteiger partial charge >= 0.3 is 5.97 Å². The van der Waals surface area contributed by atoms with Gasteiger partial charge in [0.15, 0.2) is 5.78 Å². The zero-order chi connectivity index (χ0) is 16.4. The third-order valence-corrected chi connectivity index (χ3v) is 4.17. The van der Waals surface area contributed by atoms with Crippen LogP contribution in [0, 0.1) is 5.92 Å². The Labute approximate surface area is 135 Å². The van der Waals surface area contributed by atoms with Crippen LogP contribution >= 0.6 is 0 Å². The van der Waals surface area contributed by atoms with Gasteiger partial charge in [-0.05, 0) is 36.2 Å². The standard InChI is InChI=1S/C19H18O4/c1-3-23-19(21)17-16(12-7-5-4-6-8-12)15-11-13(22-2)9-10-14(15)18(17)20/h4-11,16-17H,3H2,1-2H3/t16-,17+/m1/s1. The fraction of sp³-hybridized carbons (Fsp3) is 0.263. The monoisotopic (exact) mass is 310 g/mol. The molecule has 2 aromatic rings. The predicted octanol–water partition coefficient (Wildman–Crippen LogP) is 3.20. The Balaban J connectivity index is 2.14. The quantitative estimate of drug-likeness (QED) is 0.643. The van der Waals surface area contributed by atoms with E-state index >= 15 is 0 Å². The molecule has 0 spiro atoms. The van der Waals surface area contributed by atoms with Crippen LogP contribution in [0.25, 0.3) is 0 Å². The molecule has 0 saturated heterocycles. The van der Waals surface area contributed by atoms with Crippen LogP contribution in [0.2, 0.25) is 0 Å². The van der Waals surface area contributed by atoms with Gasteiger partial charge < -0.3 is 9.47 Å². The molecule has 0 aliphatic heterocycles. The largest absolute Gasteiger partial charge is 0.497 e. The smallest absolute Gasteiger partial charge is 0.317 e. The summed E-state index contributed by atoms with van der Waals surface area (Å²) >= 11 is 0. The first-order chi connectivity index (χ1) is 11.2. The third-order valence-electron chi connectivity index (χ3n) is 4.17. The van der Waals surface area contributed by atoms with E-state index in [0.29, 0.717) is 11.3 Å². The highest BCUT2D eigenvalue weighted by Gasteiger charge is 2.46. The Morgan fingerprint density at radius 1 is 1.13 bits per heavy atom. The number of esters is 1. The molecule has 0 radical (unpaired) electrons. The Bertz CT molecular complexity index is 736. The van der Waals surface area contributed by atoms with Crippen LogP contribution < -0.4 is 4.74 Å². The van der Waals surface area contributed by atoms with Crippen molar-refractivity contribution in [3.63, 3.8) is 0 Å². The van der Waals surface area contributed by atoms with Gasteiger partial charge in [-0.25, -0.2) is 0 Å². The van der Waals surface area contributed by atoms with Gasteiger partial charge in [0.1, 0.15) is 11.7 Å². The maximum atomic E-state index is 12.8. The van der Waals surface area contributed by atoms with E-state index in [1.54, 1.807) is 26.2 Å². The number of benzene rings is 2. The lowest BCUT2D eigenvalue weighted by Gasteiger charge is -2.18. The van der Waals surface area contributed by atoms with Crippen LogP contribution in [0.5, 0.6) is 5.75 Å². The number of rotatable bonds is 4. The minimum absolute atomic E-state index is 0.185. The molecule has 0 unspecified atom stereocenters. The minimum Gasteiger partial charge on any atom is -0.497 e. The molecule has 0 N–H and O–H groups in total. The average molecular weight is 310 g/mol. The molecule has 3 rings (SSSR count). The number of carbonyl (C=O) groups is 2. The molecule has 23 heavy (non-hydrogen) atoms. The zero-order valence-electron chi connectivity index (χ0n) is 13.1. The molecule has 0 aromatic heterocycles. The molecule has 4 heteroatoms. The second-order valence-electron chi connectivity index (χ2n) is 5.44. The van der Waals surface area contributed by atoms with Crippen molar-refractivity contribution in [1.82, 2.24) is 0 Å². The van der Waals surface area contributed by atoms with Gasteiger partial charge in [-0.3, -0.25) is 9.59 Å². The fourth-order valence-corrected chi connectivity index (χ4v) is 3.16. The van der Waals surface area contributed by atoms with Crippen LogP contribution in [-0.4, -0.2) is 25.5 Å². The van der Waals surface area contributed by atoms with Crippen molar-refractivity contribution in [2.45, 2.75) is 12.8 Å². The van der Waals surface area contributed by atoms with Crippen LogP contribution in [0.15, 0.2) is 48.5 Å². The number of hydrogen-bond acceptors (Lipinski definition) is 4. The number of Topliss-reactive ketones (excluding diaryl/α,β-unsaturated/α-hetero) is 1. The number of hydrogen-bond donors (Lipinski definition) is 0. The predicted molar refractivity (Wildman–Crippen MR) is 85.7 cm³/mol. The second kappa shape index (κ2) is 6.24. The van der Waals surface area contributed by atoms with E-state index in [9.17, 15) is 9.59 Å². The van der Waals surface area contributed by atoms with Gasteiger partial charge in [0.25, 0.3) is 0 Å².